The van der Waals surface area contributed by atoms with Crippen LogP contribution in [-0.4, -0.2) is 70.0 Å². The van der Waals surface area contributed by atoms with Gasteiger partial charge in [0.05, 0.1) is 13.4 Å². The van der Waals surface area contributed by atoms with Gasteiger partial charge in [-0.15, -0.1) is 0 Å². The summed E-state index contributed by atoms with van der Waals surface area (Å²) in [4.78, 5) is 33.5. The van der Waals surface area contributed by atoms with Crippen molar-refractivity contribution in [3.8, 4) is 5.75 Å². The number of piperidine rings is 3. The van der Waals surface area contributed by atoms with E-state index in [2.05, 4.69) is 44.0 Å². The average molecular weight is 441 g/mol. The Kier molecular flexibility index (Phi) is 6.79. The van der Waals surface area contributed by atoms with Gasteiger partial charge in [-0.05, 0) is 62.1 Å². The summed E-state index contributed by atoms with van der Waals surface area (Å²) in [5.41, 5.74) is 2.85. The van der Waals surface area contributed by atoms with Gasteiger partial charge in [0, 0.05) is 37.4 Å². The Morgan fingerprint density at radius 2 is 1.97 bits per heavy atom. The maximum Gasteiger partial charge on any atom is 0.290 e. The molecule has 0 aliphatic carbocycles. The number of rotatable bonds is 3. The number of carboxylic acid groups (broad SMARTS) is 1. The van der Waals surface area contributed by atoms with E-state index in [0.29, 0.717) is 29.6 Å². The van der Waals surface area contributed by atoms with Crippen LogP contribution in [-0.2, 0) is 4.79 Å². The van der Waals surface area contributed by atoms with Gasteiger partial charge in [-0.2, -0.15) is 0 Å². The molecule has 2 bridgehead atoms. The molecule has 0 saturated carbocycles. The number of amides is 1. The van der Waals surface area contributed by atoms with Crippen LogP contribution in [0.2, 0.25) is 0 Å². The molecule has 0 unspecified atom stereocenters. The van der Waals surface area contributed by atoms with Crippen LogP contribution in [0.5, 0.6) is 5.75 Å². The highest BCUT2D eigenvalue weighted by molar-refractivity contribution is 5.93. The number of imidazole rings is 1. The second kappa shape index (κ2) is 9.73. The third-order valence-corrected chi connectivity index (χ3v) is 7.21. The van der Waals surface area contributed by atoms with E-state index in [-0.39, 0.29) is 12.4 Å². The van der Waals surface area contributed by atoms with Crippen molar-refractivity contribution >= 4 is 12.4 Å². The number of hydrogen-bond donors (Lipinski definition) is 2. The standard InChI is InChI=1S/C23H30N4O2.CH2O2/c1-15-22(25-14-24-15)23(28)26-11-16-10-18(13-26)21-5-3-4-20(27(21)12-16)17-6-8-19(29-2)9-7-17;2-1-3/h6-9,14,16,18,20-21H,3-5,10-13H2,1-2H3,(H,24,25);1H,(H,2,3)/t16-,18+,20+,21-;/m0./s1. The zero-order valence-electron chi connectivity index (χ0n) is 18.7. The van der Waals surface area contributed by atoms with Crippen molar-refractivity contribution in [2.75, 3.05) is 26.7 Å². The van der Waals surface area contributed by atoms with E-state index in [4.69, 9.17) is 14.6 Å². The topological polar surface area (TPSA) is 98.8 Å². The number of nitrogens with one attached hydrogen (secondary N) is 1. The van der Waals surface area contributed by atoms with Crippen molar-refractivity contribution in [2.24, 2.45) is 11.8 Å². The van der Waals surface area contributed by atoms with Crippen LogP contribution >= 0.6 is 0 Å². The Morgan fingerprint density at radius 3 is 2.62 bits per heavy atom. The maximum absolute atomic E-state index is 13.0. The third-order valence-electron chi connectivity index (χ3n) is 7.21. The van der Waals surface area contributed by atoms with Crippen LogP contribution in [0.3, 0.4) is 0 Å². The number of fused-ring (bicyclic) bond motifs is 4. The molecule has 1 amide bonds. The van der Waals surface area contributed by atoms with Gasteiger partial charge in [-0.3, -0.25) is 14.5 Å². The number of hydrogen-bond acceptors (Lipinski definition) is 5. The summed E-state index contributed by atoms with van der Waals surface area (Å²) in [6, 6.07) is 9.68. The number of ether oxygens (including phenoxy) is 1. The summed E-state index contributed by atoms with van der Waals surface area (Å²) in [5, 5.41) is 6.89. The molecule has 8 nitrogen and oxygen atoms in total. The van der Waals surface area contributed by atoms with Gasteiger partial charge < -0.3 is 19.7 Å². The van der Waals surface area contributed by atoms with Gasteiger partial charge in [-0.25, -0.2) is 4.98 Å². The predicted molar refractivity (Wildman–Crippen MR) is 120 cm³/mol. The van der Waals surface area contributed by atoms with Crippen LogP contribution in [0.25, 0.3) is 0 Å². The molecule has 3 saturated heterocycles. The molecule has 4 heterocycles. The zero-order chi connectivity index (χ0) is 22.7. The molecule has 1 aromatic carbocycles. The van der Waals surface area contributed by atoms with Crippen molar-refractivity contribution in [3.05, 3.63) is 47.5 Å². The number of nitrogens with zero attached hydrogens (tertiary/aromatic N) is 3. The fourth-order valence-corrected chi connectivity index (χ4v) is 5.88. The van der Waals surface area contributed by atoms with Crippen molar-refractivity contribution in [1.29, 1.82) is 0 Å². The molecule has 0 radical (unpaired) electrons. The van der Waals surface area contributed by atoms with E-state index in [1.54, 1.807) is 13.4 Å². The molecule has 2 N–H and O–H groups in total. The van der Waals surface area contributed by atoms with E-state index in [0.717, 1.165) is 31.1 Å². The first-order valence-corrected chi connectivity index (χ1v) is 11.3. The van der Waals surface area contributed by atoms with E-state index >= 15 is 0 Å². The molecule has 172 valence electrons. The lowest BCUT2D eigenvalue weighted by Gasteiger charge is -2.55. The van der Waals surface area contributed by atoms with Crippen molar-refractivity contribution in [1.82, 2.24) is 19.8 Å². The highest BCUT2D eigenvalue weighted by Gasteiger charge is 2.46. The Morgan fingerprint density at radius 1 is 1.22 bits per heavy atom. The lowest BCUT2D eigenvalue weighted by molar-refractivity contribution is -0.122. The smallest absolute Gasteiger partial charge is 0.290 e. The summed E-state index contributed by atoms with van der Waals surface area (Å²) in [5.74, 6) is 2.12. The van der Waals surface area contributed by atoms with E-state index in [9.17, 15) is 4.79 Å². The second-order valence-corrected chi connectivity index (χ2v) is 9.04. The minimum absolute atomic E-state index is 0.0920. The summed E-state index contributed by atoms with van der Waals surface area (Å²) >= 11 is 0. The molecule has 2 aromatic rings. The summed E-state index contributed by atoms with van der Waals surface area (Å²) in [6.07, 6.45) is 6.59. The number of H-pyrrole nitrogens is 1. The molecule has 8 heteroatoms. The van der Waals surface area contributed by atoms with E-state index in [1.807, 2.05) is 6.92 Å². The number of aromatic nitrogens is 2. The normalized spacial score (nSPS) is 27.0. The predicted octanol–water partition coefficient (Wildman–Crippen LogP) is 3.12. The quantitative estimate of drug-likeness (QED) is 0.712. The number of carbonyl (C=O) groups excluding carboxylic acids is 1. The number of carbonyl (C=O) groups is 2. The zero-order valence-corrected chi connectivity index (χ0v) is 18.7. The Bertz CT molecular complexity index is 928. The van der Waals surface area contributed by atoms with Gasteiger partial charge in [0.1, 0.15) is 11.4 Å². The molecule has 3 fully saturated rings. The van der Waals surface area contributed by atoms with Gasteiger partial charge in [0.15, 0.2) is 0 Å². The van der Waals surface area contributed by atoms with Crippen LogP contribution in [0.4, 0.5) is 0 Å². The Balaban J connectivity index is 0.000000775. The minimum Gasteiger partial charge on any atom is -0.497 e. The molecule has 0 spiro atoms. The van der Waals surface area contributed by atoms with Crippen molar-refractivity contribution in [3.63, 3.8) is 0 Å². The molecular formula is C24H32N4O4. The first-order chi connectivity index (χ1) is 15.5. The van der Waals surface area contributed by atoms with Crippen LogP contribution < -0.4 is 4.74 Å². The highest BCUT2D eigenvalue weighted by Crippen LogP contribution is 2.44. The summed E-state index contributed by atoms with van der Waals surface area (Å²) < 4.78 is 5.34. The van der Waals surface area contributed by atoms with Gasteiger partial charge >= 0.3 is 0 Å². The van der Waals surface area contributed by atoms with Gasteiger partial charge in [0.2, 0.25) is 0 Å². The van der Waals surface area contributed by atoms with Crippen molar-refractivity contribution in [2.45, 2.75) is 44.7 Å². The molecular weight excluding hydrogens is 408 g/mol. The fourth-order valence-electron chi connectivity index (χ4n) is 5.88. The second-order valence-electron chi connectivity index (χ2n) is 9.04. The van der Waals surface area contributed by atoms with E-state index < -0.39 is 0 Å². The lowest BCUT2D eigenvalue weighted by atomic mass is 9.74. The lowest BCUT2D eigenvalue weighted by Crippen LogP contribution is -2.60. The van der Waals surface area contributed by atoms with Crippen molar-refractivity contribution < 1.29 is 19.4 Å². The Hall–Kier alpha value is -2.87. The number of benzene rings is 1. The first kappa shape index (κ1) is 22.3. The largest absolute Gasteiger partial charge is 0.497 e. The van der Waals surface area contributed by atoms with Gasteiger partial charge in [-0.1, -0.05) is 12.1 Å². The number of aromatic amines is 1. The average Bonchev–Trinajstić information content (AvgIpc) is 3.24. The molecule has 3 aliphatic rings. The van der Waals surface area contributed by atoms with Crippen LogP contribution in [0.1, 0.15) is 53.5 Å². The molecule has 5 rings (SSSR count). The number of methoxy groups -OCH3 is 1. The minimum atomic E-state index is -0.250. The molecule has 32 heavy (non-hydrogen) atoms. The monoisotopic (exact) mass is 440 g/mol. The van der Waals surface area contributed by atoms with Crippen LogP contribution in [0.15, 0.2) is 30.6 Å². The maximum atomic E-state index is 13.0. The number of likely N-dealkylation sites (tertiary alicyclic amines) is 1. The molecule has 3 aliphatic heterocycles. The summed E-state index contributed by atoms with van der Waals surface area (Å²) in [7, 11) is 1.72. The van der Waals surface area contributed by atoms with Gasteiger partial charge in [0.25, 0.3) is 12.4 Å². The Labute approximate surface area is 188 Å². The third kappa shape index (κ3) is 4.37. The van der Waals surface area contributed by atoms with Crippen LogP contribution in [0, 0.1) is 18.8 Å². The fraction of sp³-hybridized carbons (Fsp3) is 0.542. The van der Waals surface area contributed by atoms with E-state index in [1.165, 1.54) is 31.2 Å². The number of aryl methyl sites for hydroxylation is 1. The molecule has 1 aromatic heterocycles. The molecule has 4 atom stereocenters. The summed E-state index contributed by atoms with van der Waals surface area (Å²) in [6.45, 7) is 4.47. The SMILES string of the molecule is COc1ccc([C@H]2CCC[C@H]3[C@@H]4C[C@@H](CN(C(=O)c5nc[nH]c5C)C4)CN23)cc1.O=CO. The highest BCUT2D eigenvalue weighted by atomic mass is 16.5. The first-order valence-electron chi connectivity index (χ1n) is 11.3.